The summed E-state index contributed by atoms with van der Waals surface area (Å²) in [5, 5.41) is 5.35. The minimum Gasteiger partial charge on any atom is -0.307 e. The van der Waals surface area contributed by atoms with Gasteiger partial charge in [-0.3, -0.25) is 0 Å². The molecule has 0 aliphatic carbocycles. The quantitative estimate of drug-likeness (QED) is 0.516. The predicted octanol–water partition coefficient (Wildman–Crippen LogP) is 5.11. The van der Waals surface area contributed by atoms with Gasteiger partial charge in [0.15, 0.2) is 0 Å². The van der Waals surface area contributed by atoms with Crippen molar-refractivity contribution in [3.8, 4) is 0 Å². The monoisotopic (exact) mass is 264 g/mol. The van der Waals surface area contributed by atoms with Crippen LogP contribution < -0.4 is 0 Å². The van der Waals surface area contributed by atoms with Crippen LogP contribution in [0.3, 0.4) is 0 Å². The van der Waals surface area contributed by atoms with Crippen LogP contribution in [0.2, 0.25) is 0 Å². The third-order valence-electron chi connectivity index (χ3n) is 3.55. The van der Waals surface area contributed by atoms with Crippen LogP contribution in [-0.2, 0) is 10.2 Å². The van der Waals surface area contributed by atoms with Crippen LogP contribution in [0.4, 0.5) is 0 Å². The van der Waals surface area contributed by atoms with Gasteiger partial charge >= 0.3 is 0 Å². The first-order chi connectivity index (χ1) is 9.55. The molecule has 1 heteroatoms. The van der Waals surface area contributed by atoms with Gasteiger partial charge in [-0.15, -0.1) is 0 Å². The summed E-state index contributed by atoms with van der Waals surface area (Å²) in [7, 11) is 0. The van der Waals surface area contributed by atoms with Crippen LogP contribution in [-0.4, -0.2) is 6.79 Å². The third-order valence-corrected chi connectivity index (χ3v) is 3.55. The fraction of sp³-hybridized carbons (Fsp3) is 0.211. The van der Waals surface area contributed by atoms with Crippen LogP contribution in [0.15, 0.2) is 54.6 Å². The summed E-state index contributed by atoms with van der Waals surface area (Å²) in [6.45, 7) is 8.82. The molecule has 0 fully saturated rings. The van der Waals surface area contributed by atoms with Gasteiger partial charge in [0.25, 0.3) is 0 Å². The van der Waals surface area contributed by atoms with Crippen molar-refractivity contribution in [3.05, 3.63) is 60.2 Å². The summed E-state index contributed by atoms with van der Waals surface area (Å²) in [4.78, 5) is 8.00. The van der Waals surface area contributed by atoms with Crippen molar-refractivity contribution in [2.24, 2.45) is 0 Å². The Morgan fingerprint density at radius 1 is 0.750 bits per heavy atom. The molecule has 3 aromatic rings. The Balaban J connectivity index is 0.000000704. The molecule has 0 N–H and O–H groups in total. The van der Waals surface area contributed by atoms with Crippen molar-refractivity contribution < 1.29 is 4.79 Å². The van der Waals surface area contributed by atoms with E-state index in [4.69, 9.17) is 4.79 Å². The molecule has 0 aromatic heterocycles. The van der Waals surface area contributed by atoms with Crippen molar-refractivity contribution in [1.29, 1.82) is 0 Å². The first-order valence-electron chi connectivity index (χ1n) is 6.76. The number of benzene rings is 3. The normalized spacial score (nSPS) is 11.2. The largest absolute Gasteiger partial charge is 0.307 e. The standard InChI is InChI=1S/C18H18.CH2O/c1-18(2,3)17-10-6-9-15-11-13-7-4-5-8-14(13)12-16(15)17;1-2/h4-12H,1-3H3;1H2. The zero-order valence-electron chi connectivity index (χ0n) is 12.3. The van der Waals surface area contributed by atoms with Crippen molar-refractivity contribution in [2.45, 2.75) is 26.2 Å². The number of carbonyl (C=O) groups is 1. The highest BCUT2D eigenvalue weighted by Crippen LogP contribution is 2.32. The fourth-order valence-electron chi connectivity index (χ4n) is 2.62. The molecule has 3 rings (SSSR count). The number of fused-ring (bicyclic) bond motifs is 2. The average Bonchev–Trinajstić information content (AvgIpc) is 2.45. The molecule has 20 heavy (non-hydrogen) atoms. The molecule has 0 radical (unpaired) electrons. The highest BCUT2D eigenvalue weighted by Gasteiger charge is 2.16. The second kappa shape index (κ2) is 5.46. The lowest BCUT2D eigenvalue weighted by Gasteiger charge is -2.21. The van der Waals surface area contributed by atoms with Crippen LogP contribution >= 0.6 is 0 Å². The van der Waals surface area contributed by atoms with E-state index in [1.54, 1.807) is 0 Å². The van der Waals surface area contributed by atoms with Crippen LogP contribution in [0.5, 0.6) is 0 Å². The highest BCUT2D eigenvalue weighted by atomic mass is 16.1. The van der Waals surface area contributed by atoms with Crippen molar-refractivity contribution in [2.75, 3.05) is 0 Å². The molecule has 0 saturated heterocycles. The molecule has 0 unspecified atom stereocenters. The van der Waals surface area contributed by atoms with E-state index in [0.717, 1.165) is 0 Å². The topological polar surface area (TPSA) is 17.1 Å². The van der Waals surface area contributed by atoms with E-state index in [9.17, 15) is 0 Å². The first-order valence-corrected chi connectivity index (χ1v) is 6.76. The first kappa shape index (κ1) is 14.3. The summed E-state index contributed by atoms with van der Waals surface area (Å²) >= 11 is 0. The molecule has 0 saturated carbocycles. The molecule has 0 aliphatic heterocycles. The second-order valence-electron chi connectivity index (χ2n) is 5.98. The maximum atomic E-state index is 8.00. The van der Waals surface area contributed by atoms with Gasteiger partial charge < -0.3 is 4.79 Å². The Kier molecular flexibility index (Phi) is 3.89. The lowest BCUT2D eigenvalue weighted by molar-refractivity contribution is -0.0979. The van der Waals surface area contributed by atoms with Crippen LogP contribution in [0, 0.1) is 0 Å². The summed E-state index contributed by atoms with van der Waals surface area (Å²) < 4.78 is 0. The van der Waals surface area contributed by atoms with Crippen molar-refractivity contribution >= 4 is 28.3 Å². The fourth-order valence-corrected chi connectivity index (χ4v) is 2.62. The van der Waals surface area contributed by atoms with E-state index in [0.29, 0.717) is 0 Å². The van der Waals surface area contributed by atoms with Gasteiger partial charge in [0.05, 0.1) is 0 Å². The molecule has 0 spiro atoms. The van der Waals surface area contributed by atoms with E-state index in [1.165, 1.54) is 27.1 Å². The van der Waals surface area contributed by atoms with Gasteiger partial charge in [-0.1, -0.05) is 63.2 Å². The molecular formula is C19H20O. The Morgan fingerprint density at radius 2 is 1.30 bits per heavy atom. The third kappa shape index (κ3) is 2.57. The van der Waals surface area contributed by atoms with E-state index in [-0.39, 0.29) is 5.41 Å². The molecule has 0 bridgehead atoms. The number of hydrogen-bond acceptors (Lipinski definition) is 1. The van der Waals surface area contributed by atoms with Gasteiger partial charge in [-0.25, -0.2) is 0 Å². The predicted molar refractivity (Wildman–Crippen MR) is 87.3 cm³/mol. The molecule has 0 atom stereocenters. The van der Waals surface area contributed by atoms with Gasteiger partial charge in [-0.2, -0.15) is 0 Å². The van der Waals surface area contributed by atoms with Crippen molar-refractivity contribution in [3.63, 3.8) is 0 Å². The Morgan fingerprint density at radius 3 is 1.90 bits per heavy atom. The highest BCUT2D eigenvalue weighted by molar-refractivity contribution is 5.99. The zero-order valence-corrected chi connectivity index (χ0v) is 12.3. The van der Waals surface area contributed by atoms with Gasteiger partial charge in [0.1, 0.15) is 6.79 Å². The molecular weight excluding hydrogens is 244 g/mol. The van der Waals surface area contributed by atoms with E-state index >= 15 is 0 Å². The van der Waals surface area contributed by atoms with Crippen LogP contribution in [0.25, 0.3) is 21.5 Å². The average molecular weight is 264 g/mol. The minimum absolute atomic E-state index is 0.183. The van der Waals surface area contributed by atoms with E-state index in [2.05, 4.69) is 75.4 Å². The molecule has 0 heterocycles. The number of hydrogen-bond donors (Lipinski definition) is 0. The SMILES string of the molecule is C=O.CC(C)(C)c1cccc2cc3ccccc3cc12. The summed E-state index contributed by atoms with van der Waals surface area (Å²) in [6.07, 6.45) is 0. The Labute approximate surface area is 120 Å². The number of rotatable bonds is 0. The molecule has 102 valence electrons. The Hall–Kier alpha value is -2.15. The maximum Gasteiger partial charge on any atom is 0.106 e. The molecule has 0 amide bonds. The smallest absolute Gasteiger partial charge is 0.106 e. The summed E-state index contributed by atoms with van der Waals surface area (Å²) in [5.74, 6) is 0. The summed E-state index contributed by atoms with van der Waals surface area (Å²) in [6, 6.07) is 19.8. The van der Waals surface area contributed by atoms with Gasteiger partial charge in [-0.05, 0) is 44.7 Å². The van der Waals surface area contributed by atoms with Crippen LogP contribution in [0.1, 0.15) is 26.3 Å². The van der Waals surface area contributed by atoms with Crippen molar-refractivity contribution in [1.82, 2.24) is 0 Å². The second-order valence-corrected chi connectivity index (χ2v) is 5.98. The molecule has 3 aromatic carbocycles. The van der Waals surface area contributed by atoms with Gasteiger partial charge in [0, 0.05) is 0 Å². The van der Waals surface area contributed by atoms with E-state index in [1.807, 2.05) is 6.79 Å². The zero-order chi connectivity index (χ0) is 14.8. The maximum absolute atomic E-state index is 8.00. The van der Waals surface area contributed by atoms with E-state index < -0.39 is 0 Å². The Bertz CT molecular complexity index is 735. The lowest BCUT2D eigenvalue weighted by Crippen LogP contribution is -2.11. The van der Waals surface area contributed by atoms with Gasteiger partial charge in [0.2, 0.25) is 0 Å². The molecule has 0 aliphatic rings. The summed E-state index contributed by atoms with van der Waals surface area (Å²) in [5.41, 5.74) is 1.60. The lowest BCUT2D eigenvalue weighted by atomic mass is 9.83. The minimum atomic E-state index is 0.183. The molecule has 1 nitrogen and oxygen atoms in total. The number of carbonyl (C=O) groups excluding carboxylic acids is 1.